The molecule has 2 rings (SSSR count). The van der Waals surface area contributed by atoms with Gasteiger partial charge in [-0.1, -0.05) is 29.3 Å². The van der Waals surface area contributed by atoms with Gasteiger partial charge in [0.1, 0.15) is 0 Å². The highest BCUT2D eigenvalue weighted by Crippen LogP contribution is 2.28. The molecule has 2 nitrogen and oxygen atoms in total. The van der Waals surface area contributed by atoms with Crippen LogP contribution in [-0.2, 0) is 7.05 Å². The van der Waals surface area contributed by atoms with E-state index in [1.165, 1.54) is 0 Å². The van der Waals surface area contributed by atoms with Crippen molar-refractivity contribution in [1.29, 1.82) is 0 Å². The summed E-state index contributed by atoms with van der Waals surface area (Å²) in [4.78, 5) is 4.32. The fourth-order valence-corrected chi connectivity index (χ4v) is 1.72. The Morgan fingerprint density at radius 3 is 2.47 bits per heavy atom. The van der Waals surface area contributed by atoms with Crippen molar-refractivity contribution in [3.8, 4) is 11.3 Å². The van der Waals surface area contributed by atoms with Crippen molar-refractivity contribution in [2.75, 3.05) is 0 Å². The smallest absolute Gasteiger partial charge is 0.0953 e. The average Bonchev–Trinajstić information content (AvgIpc) is 2.53. The molecule has 0 saturated carbocycles. The zero-order valence-electron chi connectivity index (χ0n) is 8.46. The van der Waals surface area contributed by atoms with E-state index in [-0.39, 0.29) is 0 Å². The number of halogens is 2. The highest BCUT2D eigenvalue weighted by atomic mass is 35.5. The minimum absolute atomic E-state index is 0.555. The van der Waals surface area contributed by atoms with E-state index in [2.05, 4.69) is 4.98 Å². The standard InChI is InChI=1S/C11H10Cl2N2/c1-7-11(14-6-15(7)2)8-3-4-9(12)10(13)5-8/h3-6H,1-2H3. The lowest BCUT2D eigenvalue weighted by Gasteiger charge is -2.02. The van der Waals surface area contributed by atoms with Gasteiger partial charge in [-0.3, -0.25) is 0 Å². The number of benzene rings is 1. The molecule has 0 bridgehead atoms. The molecule has 1 aromatic heterocycles. The van der Waals surface area contributed by atoms with Crippen LogP contribution in [0.4, 0.5) is 0 Å². The van der Waals surface area contributed by atoms with Gasteiger partial charge in [-0.05, 0) is 19.1 Å². The Morgan fingerprint density at radius 1 is 1.20 bits per heavy atom. The topological polar surface area (TPSA) is 17.8 Å². The molecule has 1 heterocycles. The Labute approximate surface area is 98.5 Å². The molecule has 0 amide bonds. The molecule has 15 heavy (non-hydrogen) atoms. The largest absolute Gasteiger partial charge is 0.337 e. The summed E-state index contributed by atoms with van der Waals surface area (Å²) in [5, 5.41) is 1.12. The van der Waals surface area contributed by atoms with Gasteiger partial charge in [-0.15, -0.1) is 0 Å². The zero-order valence-corrected chi connectivity index (χ0v) is 9.97. The predicted octanol–water partition coefficient (Wildman–Crippen LogP) is 3.70. The van der Waals surface area contributed by atoms with Crippen molar-refractivity contribution < 1.29 is 0 Å². The van der Waals surface area contributed by atoms with Crippen LogP contribution >= 0.6 is 23.2 Å². The number of hydrogen-bond donors (Lipinski definition) is 0. The van der Waals surface area contributed by atoms with E-state index in [0.29, 0.717) is 10.0 Å². The van der Waals surface area contributed by atoms with Crippen LogP contribution in [0.1, 0.15) is 5.69 Å². The fourth-order valence-electron chi connectivity index (χ4n) is 1.42. The molecule has 0 spiro atoms. The van der Waals surface area contributed by atoms with Gasteiger partial charge < -0.3 is 4.57 Å². The Bertz CT molecular complexity index is 503. The first-order valence-electron chi connectivity index (χ1n) is 4.53. The normalized spacial score (nSPS) is 10.7. The minimum atomic E-state index is 0.555. The summed E-state index contributed by atoms with van der Waals surface area (Å²) in [6, 6.07) is 5.54. The van der Waals surface area contributed by atoms with Crippen molar-refractivity contribution in [2.45, 2.75) is 6.92 Å². The van der Waals surface area contributed by atoms with Crippen molar-refractivity contribution in [2.24, 2.45) is 7.05 Å². The van der Waals surface area contributed by atoms with Gasteiger partial charge in [0.25, 0.3) is 0 Å². The van der Waals surface area contributed by atoms with Crippen LogP contribution in [0.15, 0.2) is 24.5 Å². The summed E-state index contributed by atoms with van der Waals surface area (Å²) in [6.07, 6.45) is 1.78. The lowest BCUT2D eigenvalue weighted by molar-refractivity contribution is 0.874. The Hall–Kier alpha value is -0.990. The second kappa shape index (κ2) is 3.87. The highest BCUT2D eigenvalue weighted by Gasteiger charge is 2.08. The molecule has 78 valence electrons. The van der Waals surface area contributed by atoms with Crippen LogP contribution in [0.5, 0.6) is 0 Å². The number of aryl methyl sites for hydroxylation is 1. The molecule has 0 atom stereocenters. The van der Waals surface area contributed by atoms with Crippen LogP contribution in [0.3, 0.4) is 0 Å². The van der Waals surface area contributed by atoms with E-state index in [1.54, 1.807) is 12.4 Å². The van der Waals surface area contributed by atoms with Crippen molar-refractivity contribution >= 4 is 23.2 Å². The van der Waals surface area contributed by atoms with Gasteiger partial charge in [-0.2, -0.15) is 0 Å². The third-order valence-corrected chi connectivity index (χ3v) is 3.16. The molecular weight excluding hydrogens is 231 g/mol. The maximum atomic E-state index is 5.96. The first-order chi connectivity index (χ1) is 7.09. The number of hydrogen-bond acceptors (Lipinski definition) is 1. The Balaban J connectivity index is 2.55. The summed E-state index contributed by atoms with van der Waals surface area (Å²) in [6.45, 7) is 2.02. The van der Waals surface area contributed by atoms with Gasteiger partial charge in [0.15, 0.2) is 0 Å². The van der Waals surface area contributed by atoms with E-state index in [4.69, 9.17) is 23.2 Å². The van der Waals surface area contributed by atoms with E-state index < -0.39 is 0 Å². The molecule has 2 aromatic rings. The summed E-state index contributed by atoms with van der Waals surface area (Å²) in [7, 11) is 1.96. The van der Waals surface area contributed by atoms with Gasteiger partial charge in [0.05, 0.1) is 22.1 Å². The minimum Gasteiger partial charge on any atom is -0.337 e. The summed E-state index contributed by atoms with van der Waals surface area (Å²) in [5.41, 5.74) is 3.03. The molecule has 0 radical (unpaired) electrons. The predicted molar refractivity (Wildman–Crippen MR) is 63.4 cm³/mol. The molecule has 0 saturated heterocycles. The third kappa shape index (κ3) is 1.87. The molecular formula is C11H10Cl2N2. The van der Waals surface area contributed by atoms with Crippen LogP contribution in [0.2, 0.25) is 10.0 Å². The molecule has 0 aliphatic heterocycles. The Kier molecular flexibility index (Phi) is 2.72. The van der Waals surface area contributed by atoms with Crippen molar-refractivity contribution in [3.05, 3.63) is 40.3 Å². The SMILES string of the molecule is Cc1c(-c2ccc(Cl)c(Cl)c2)ncn1C. The second-order valence-electron chi connectivity index (χ2n) is 3.42. The van der Waals surface area contributed by atoms with Crippen molar-refractivity contribution in [1.82, 2.24) is 9.55 Å². The van der Waals surface area contributed by atoms with E-state index in [9.17, 15) is 0 Å². The van der Waals surface area contributed by atoms with E-state index in [0.717, 1.165) is 17.0 Å². The number of aromatic nitrogens is 2. The zero-order chi connectivity index (χ0) is 11.0. The van der Waals surface area contributed by atoms with Gasteiger partial charge >= 0.3 is 0 Å². The molecule has 0 fully saturated rings. The number of nitrogens with zero attached hydrogens (tertiary/aromatic N) is 2. The van der Waals surface area contributed by atoms with Crippen LogP contribution in [-0.4, -0.2) is 9.55 Å². The second-order valence-corrected chi connectivity index (χ2v) is 4.23. The monoisotopic (exact) mass is 240 g/mol. The molecule has 1 aromatic carbocycles. The lowest BCUT2D eigenvalue weighted by atomic mass is 10.1. The van der Waals surface area contributed by atoms with Crippen LogP contribution in [0.25, 0.3) is 11.3 Å². The van der Waals surface area contributed by atoms with Crippen molar-refractivity contribution in [3.63, 3.8) is 0 Å². The van der Waals surface area contributed by atoms with Gasteiger partial charge in [-0.25, -0.2) is 4.98 Å². The van der Waals surface area contributed by atoms with Gasteiger partial charge in [0, 0.05) is 18.3 Å². The summed E-state index contributed by atoms with van der Waals surface area (Å²) in [5.74, 6) is 0. The quantitative estimate of drug-likeness (QED) is 0.744. The summed E-state index contributed by atoms with van der Waals surface area (Å²) >= 11 is 11.8. The van der Waals surface area contributed by atoms with Gasteiger partial charge in [0.2, 0.25) is 0 Å². The molecule has 0 aliphatic rings. The maximum Gasteiger partial charge on any atom is 0.0953 e. The van der Waals surface area contributed by atoms with Crippen LogP contribution < -0.4 is 0 Å². The molecule has 0 unspecified atom stereocenters. The first-order valence-corrected chi connectivity index (χ1v) is 5.28. The van der Waals surface area contributed by atoms with E-state index in [1.807, 2.05) is 30.7 Å². The third-order valence-electron chi connectivity index (χ3n) is 2.42. The van der Waals surface area contributed by atoms with Crippen LogP contribution in [0, 0.1) is 6.92 Å². The average molecular weight is 241 g/mol. The summed E-state index contributed by atoms with van der Waals surface area (Å²) < 4.78 is 1.97. The Morgan fingerprint density at radius 2 is 1.93 bits per heavy atom. The number of rotatable bonds is 1. The van der Waals surface area contributed by atoms with E-state index >= 15 is 0 Å². The first kappa shape index (κ1) is 10.5. The molecule has 0 aliphatic carbocycles. The number of imidazole rings is 1. The fraction of sp³-hybridized carbons (Fsp3) is 0.182. The highest BCUT2D eigenvalue weighted by molar-refractivity contribution is 6.42. The maximum absolute atomic E-state index is 5.96. The molecule has 4 heteroatoms. The lowest BCUT2D eigenvalue weighted by Crippen LogP contribution is -1.89. The molecule has 0 N–H and O–H groups in total.